The van der Waals surface area contributed by atoms with Crippen LogP contribution in [0.1, 0.15) is 78.4 Å². The van der Waals surface area contributed by atoms with Crippen molar-refractivity contribution < 1.29 is 0 Å². The second-order valence-corrected chi connectivity index (χ2v) is 32.0. The zero-order valence-corrected chi connectivity index (χ0v) is 29.6. The van der Waals surface area contributed by atoms with E-state index in [4.69, 9.17) is 0 Å². The molecule has 0 spiro atoms. The molecule has 0 aliphatic carbocycles. The van der Waals surface area contributed by atoms with Crippen LogP contribution in [0.5, 0.6) is 0 Å². The fraction of sp³-hybridized carbons (Fsp3) is 0.800. The van der Waals surface area contributed by atoms with Gasteiger partial charge in [-0.3, -0.25) is 0 Å². The monoisotopic (exact) mass is 564 g/mol. The van der Waals surface area contributed by atoms with Gasteiger partial charge < -0.3 is 10.6 Å². The fourth-order valence-electron chi connectivity index (χ4n) is 6.41. The van der Waals surface area contributed by atoms with Crippen molar-refractivity contribution in [3.05, 3.63) is 23.3 Å². The highest BCUT2D eigenvalue weighted by atomic mass is 31.1. The first-order valence-electron chi connectivity index (χ1n) is 14.6. The Balaban J connectivity index is 2.16. The second-order valence-electron chi connectivity index (χ2n) is 15.5. The molecule has 2 aliphatic heterocycles. The average Bonchev–Trinajstić information content (AvgIpc) is 3.41. The SMILES string of the molecule is CC(C)(C)P(Cc1cc([Si](C)(C)C)c([Si](C)(C)C)cc1CP(C1CCCN1)C1CCCN1)C(C)(C)C. The van der Waals surface area contributed by atoms with Crippen LogP contribution >= 0.6 is 15.8 Å². The Labute approximate surface area is 229 Å². The standard InChI is InChI=1S/C30H58N2P2Si2/c1-29(2,3)34(30(4,5)6)22-24-20-26(36(10,11)12)25(35(7,8)9)19-23(24)21-33(27-15-13-17-31-27)28-16-14-18-32-28/h19-20,27-28,31-32H,13-18,21-22H2,1-12H3. The van der Waals surface area contributed by atoms with Gasteiger partial charge in [0.05, 0.1) is 16.1 Å². The van der Waals surface area contributed by atoms with E-state index in [9.17, 15) is 0 Å². The van der Waals surface area contributed by atoms with Gasteiger partial charge in [0.25, 0.3) is 0 Å². The smallest absolute Gasteiger partial charge is 0.0774 e. The van der Waals surface area contributed by atoms with Gasteiger partial charge in [0.2, 0.25) is 0 Å². The van der Waals surface area contributed by atoms with Crippen molar-refractivity contribution >= 4 is 42.4 Å². The predicted molar refractivity (Wildman–Crippen MR) is 175 cm³/mol. The maximum absolute atomic E-state index is 3.95. The number of rotatable bonds is 8. The Kier molecular flexibility index (Phi) is 9.90. The maximum atomic E-state index is 3.95. The lowest BCUT2D eigenvalue weighted by Crippen LogP contribution is -2.56. The van der Waals surface area contributed by atoms with E-state index in [0.29, 0.717) is 10.3 Å². The summed E-state index contributed by atoms with van der Waals surface area (Å²) in [7, 11) is -3.18. The number of hydrogen-bond acceptors (Lipinski definition) is 2. The van der Waals surface area contributed by atoms with E-state index >= 15 is 0 Å². The Hall–Kier alpha value is 0.434. The molecule has 0 saturated carbocycles. The highest BCUT2D eigenvalue weighted by Crippen LogP contribution is 2.62. The van der Waals surface area contributed by atoms with Crippen molar-refractivity contribution in [2.24, 2.45) is 0 Å². The third-order valence-corrected chi connectivity index (χ3v) is 19.5. The van der Waals surface area contributed by atoms with Gasteiger partial charge >= 0.3 is 0 Å². The molecule has 2 fully saturated rings. The summed E-state index contributed by atoms with van der Waals surface area (Å²) in [5.41, 5.74) is 3.44. The van der Waals surface area contributed by atoms with Gasteiger partial charge in [-0.15, -0.1) is 0 Å². The normalized spacial score (nSPS) is 23.0. The van der Waals surface area contributed by atoms with Crippen molar-refractivity contribution in [3.63, 3.8) is 0 Å². The molecule has 2 nitrogen and oxygen atoms in total. The van der Waals surface area contributed by atoms with E-state index in [1.165, 1.54) is 51.1 Å². The van der Waals surface area contributed by atoms with E-state index in [0.717, 1.165) is 11.6 Å². The predicted octanol–water partition coefficient (Wildman–Crippen LogP) is 7.76. The Morgan fingerprint density at radius 3 is 1.39 bits per heavy atom. The zero-order chi connectivity index (χ0) is 27.1. The number of nitrogens with one attached hydrogen (secondary N) is 2. The van der Waals surface area contributed by atoms with Crippen LogP contribution in [0.25, 0.3) is 0 Å². The van der Waals surface area contributed by atoms with Gasteiger partial charge in [-0.25, -0.2) is 0 Å². The van der Waals surface area contributed by atoms with E-state index < -0.39 is 16.1 Å². The van der Waals surface area contributed by atoms with Crippen molar-refractivity contribution in [3.8, 4) is 0 Å². The number of benzene rings is 1. The first-order valence-corrected chi connectivity index (χ1v) is 24.8. The Morgan fingerprint density at radius 1 is 0.694 bits per heavy atom. The third kappa shape index (κ3) is 7.76. The minimum Gasteiger partial charge on any atom is -0.310 e. The summed E-state index contributed by atoms with van der Waals surface area (Å²) in [5.74, 6) is 1.48. The molecule has 36 heavy (non-hydrogen) atoms. The summed E-state index contributed by atoms with van der Waals surface area (Å²) < 4.78 is 0. The van der Waals surface area contributed by atoms with Crippen LogP contribution in [-0.4, -0.2) is 51.1 Å². The highest BCUT2D eigenvalue weighted by molar-refractivity contribution is 7.60. The van der Waals surface area contributed by atoms with Crippen LogP contribution in [-0.2, 0) is 12.3 Å². The minimum atomic E-state index is -1.45. The first kappa shape index (κ1) is 31.0. The third-order valence-electron chi connectivity index (χ3n) is 8.13. The van der Waals surface area contributed by atoms with E-state index in [2.05, 4.69) is 104 Å². The second kappa shape index (κ2) is 11.5. The summed E-state index contributed by atoms with van der Waals surface area (Å²) >= 11 is 0. The minimum absolute atomic E-state index is 0.111. The van der Waals surface area contributed by atoms with Crippen LogP contribution in [0.15, 0.2) is 12.1 Å². The summed E-state index contributed by atoms with van der Waals surface area (Å²) in [5, 5.41) is 12.1. The first-order chi connectivity index (χ1) is 16.4. The molecule has 2 unspecified atom stereocenters. The molecule has 2 aliphatic rings. The number of hydrogen-bond donors (Lipinski definition) is 2. The lowest BCUT2D eigenvalue weighted by atomic mass is 10.1. The van der Waals surface area contributed by atoms with E-state index in [1.54, 1.807) is 21.5 Å². The molecule has 2 N–H and O–H groups in total. The Bertz CT molecular complexity index is 848. The van der Waals surface area contributed by atoms with Crippen LogP contribution in [0.4, 0.5) is 0 Å². The molecule has 0 amide bonds. The summed E-state index contributed by atoms with van der Waals surface area (Å²) in [4.78, 5) is 0. The van der Waals surface area contributed by atoms with Gasteiger partial charge in [0.15, 0.2) is 0 Å². The lowest BCUT2D eigenvalue weighted by molar-refractivity contribution is 0.702. The molecule has 206 valence electrons. The molecule has 2 atom stereocenters. The van der Waals surface area contributed by atoms with Crippen LogP contribution in [0, 0.1) is 0 Å². The molecule has 2 saturated heterocycles. The summed E-state index contributed by atoms with van der Waals surface area (Å²) in [6, 6.07) is 5.56. The molecule has 0 aromatic heterocycles. The molecule has 1 aromatic carbocycles. The molecule has 0 radical (unpaired) electrons. The molecule has 3 rings (SSSR count). The van der Waals surface area contributed by atoms with Crippen molar-refractivity contribution in [2.75, 3.05) is 13.1 Å². The van der Waals surface area contributed by atoms with Gasteiger partial charge in [0, 0.05) is 11.6 Å². The highest BCUT2D eigenvalue weighted by Gasteiger charge is 2.38. The topological polar surface area (TPSA) is 24.1 Å². The lowest BCUT2D eigenvalue weighted by Gasteiger charge is -2.43. The van der Waals surface area contributed by atoms with E-state index in [1.807, 2.05) is 0 Å². The van der Waals surface area contributed by atoms with Gasteiger partial charge in [0.1, 0.15) is 0 Å². The Morgan fingerprint density at radius 2 is 1.08 bits per heavy atom. The van der Waals surface area contributed by atoms with Crippen LogP contribution in [0.3, 0.4) is 0 Å². The maximum Gasteiger partial charge on any atom is 0.0774 e. The van der Waals surface area contributed by atoms with Crippen molar-refractivity contribution in [1.82, 2.24) is 10.6 Å². The quantitative estimate of drug-likeness (QED) is 0.249. The van der Waals surface area contributed by atoms with Crippen LogP contribution < -0.4 is 21.0 Å². The summed E-state index contributed by atoms with van der Waals surface area (Å²) in [6.07, 6.45) is 8.06. The fourth-order valence-corrected chi connectivity index (χ4v) is 18.5. The zero-order valence-electron chi connectivity index (χ0n) is 25.9. The van der Waals surface area contributed by atoms with Gasteiger partial charge in [-0.05, 0) is 72.5 Å². The molecular weight excluding hydrogens is 506 g/mol. The van der Waals surface area contributed by atoms with Crippen molar-refractivity contribution in [2.45, 2.75) is 141 Å². The molecule has 2 heterocycles. The van der Waals surface area contributed by atoms with E-state index in [-0.39, 0.29) is 15.8 Å². The molecule has 0 bridgehead atoms. The molecule has 6 heteroatoms. The van der Waals surface area contributed by atoms with Crippen LogP contribution in [0.2, 0.25) is 39.3 Å². The molecule has 1 aromatic rings. The largest absolute Gasteiger partial charge is 0.310 e. The van der Waals surface area contributed by atoms with Crippen molar-refractivity contribution in [1.29, 1.82) is 0 Å². The summed E-state index contributed by atoms with van der Waals surface area (Å²) in [6.45, 7) is 32.9. The van der Waals surface area contributed by atoms with Gasteiger partial charge in [-0.1, -0.05) is 119 Å². The van der Waals surface area contributed by atoms with Gasteiger partial charge in [-0.2, -0.15) is 0 Å². The average molecular weight is 565 g/mol. The molecular formula is C30H58N2P2Si2.